The molecule has 3 rings (SSSR count). The van der Waals surface area contributed by atoms with Crippen LogP contribution in [0, 0.1) is 0 Å². The maximum atomic E-state index is 12.5. The SMILES string of the molecule is CNC1CCCN(C(=O)CCn2c(=O)n(C)c3ccccc32)C1.Cl. The molecule has 1 aromatic heterocycles. The molecule has 24 heavy (non-hydrogen) atoms. The second-order valence-electron chi connectivity index (χ2n) is 6.20. The summed E-state index contributed by atoms with van der Waals surface area (Å²) in [5.41, 5.74) is 1.73. The van der Waals surface area contributed by atoms with Gasteiger partial charge in [-0.15, -0.1) is 12.4 Å². The van der Waals surface area contributed by atoms with Crippen molar-refractivity contribution in [1.82, 2.24) is 19.4 Å². The maximum absolute atomic E-state index is 12.5. The normalized spacial score (nSPS) is 17.8. The molecule has 1 fully saturated rings. The number of carbonyl (C=O) groups excluding carboxylic acids is 1. The molecule has 7 heteroatoms. The van der Waals surface area contributed by atoms with Crippen molar-refractivity contribution in [2.45, 2.75) is 31.8 Å². The Balaban J connectivity index is 0.00000208. The number of aromatic nitrogens is 2. The molecule has 0 aliphatic carbocycles. The third-order valence-electron chi connectivity index (χ3n) is 4.78. The molecule has 1 aromatic carbocycles. The Labute approximate surface area is 147 Å². The number of para-hydroxylation sites is 2. The van der Waals surface area contributed by atoms with Gasteiger partial charge in [0, 0.05) is 39.1 Å². The fraction of sp³-hybridized carbons (Fsp3) is 0.529. The molecule has 0 spiro atoms. The van der Waals surface area contributed by atoms with Crippen molar-refractivity contribution in [3.05, 3.63) is 34.7 Å². The molecule has 0 saturated carbocycles. The van der Waals surface area contributed by atoms with Gasteiger partial charge in [0.25, 0.3) is 0 Å². The van der Waals surface area contributed by atoms with E-state index in [2.05, 4.69) is 5.32 Å². The minimum atomic E-state index is -0.0641. The first-order valence-corrected chi connectivity index (χ1v) is 8.21. The van der Waals surface area contributed by atoms with Gasteiger partial charge in [0.2, 0.25) is 5.91 Å². The first-order valence-electron chi connectivity index (χ1n) is 8.21. The number of likely N-dealkylation sites (tertiary alicyclic amines) is 1. The molecular weight excluding hydrogens is 328 g/mol. The zero-order valence-corrected chi connectivity index (χ0v) is 15.0. The van der Waals surface area contributed by atoms with Gasteiger partial charge in [-0.3, -0.25) is 13.9 Å². The summed E-state index contributed by atoms with van der Waals surface area (Å²) in [6.07, 6.45) is 2.51. The summed E-state index contributed by atoms with van der Waals surface area (Å²) in [7, 11) is 3.71. The number of hydrogen-bond acceptors (Lipinski definition) is 3. The van der Waals surface area contributed by atoms with Crippen LogP contribution in [0.15, 0.2) is 29.1 Å². The second-order valence-corrected chi connectivity index (χ2v) is 6.20. The number of piperidine rings is 1. The van der Waals surface area contributed by atoms with Crippen LogP contribution in [0.5, 0.6) is 0 Å². The monoisotopic (exact) mass is 352 g/mol. The van der Waals surface area contributed by atoms with Gasteiger partial charge in [-0.2, -0.15) is 0 Å². The number of halogens is 1. The fourth-order valence-electron chi connectivity index (χ4n) is 3.38. The Hall–Kier alpha value is -1.79. The molecule has 0 bridgehead atoms. The smallest absolute Gasteiger partial charge is 0.328 e. The minimum Gasteiger partial charge on any atom is -0.341 e. The van der Waals surface area contributed by atoms with E-state index in [4.69, 9.17) is 0 Å². The highest BCUT2D eigenvalue weighted by Crippen LogP contribution is 2.14. The first kappa shape index (κ1) is 18.5. The minimum absolute atomic E-state index is 0. The van der Waals surface area contributed by atoms with Crippen molar-refractivity contribution in [2.75, 3.05) is 20.1 Å². The summed E-state index contributed by atoms with van der Waals surface area (Å²) in [5.74, 6) is 0.129. The topological polar surface area (TPSA) is 59.3 Å². The number of fused-ring (bicyclic) bond motifs is 1. The van der Waals surface area contributed by atoms with Crippen LogP contribution >= 0.6 is 12.4 Å². The van der Waals surface area contributed by atoms with Gasteiger partial charge in [-0.1, -0.05) is 12.1 Å². The lowest BCUT2D eigenvalue weighted by atomic mass is 10.1. The van der Waals surface area contributed by atoms with Crippen LogP contribution in [0.1, 0.15) is 19.3 Å². The van der Waals surface area contributed by atoms with E-state index in [0.717, 1.165) is 37.0 Å². The molecule has 1 N–H and O–H groups in total. The second kappa shape index (κ2) is 7.85. The van der Waals surface area contributed by atoms with Gasteiger partial charge in [0.15, 0.2) is 0 Å². The summed E-state index contributed by atoms with van der Waals surface area (Å²) in [6.45, 7) is 2.01. The Morgan fingerprint density at radius 1 is 1.29 bits per heavy atom. The van der Waals surface area contributed by atoms with Gasteiger partial charge in [0.05, 0.1) is 11.0 Å². The molecule has 0 radical (unpaired) electrons. The van der Waals surface area contributed by atoms with E-state index in [1.165, 1.54) is 0 Å². The average molecular weight is 353 g/mol. The molecule has 6 nitrogen and oxygen atoms in total. The van der Waals surface area contributed by atoms with Crippen molar-refractivity contribution < 1.29 is 4.79 Å². The number of benzene rings is 1. The van der Waals surface area contributed by atoms with E-state index in [9.17, 15) is 9.59 Å². The Kier molecular flexibility index (Phi) is 6.07. The van der Waals surface area contributed by atoms with Crippen molar-refractivity contribution in [1.29, 1.82) is 0 Å². The number of nitrogens with one attached hydrogen (secondary N) is 1. The number of rotatable bonds is 4. The first-order chi connectivity index (χ1) is 11.1. The predicted molar refractivity (Wildman–Crippen MR) is 97.7 cm³/mol. The van der Waals surface area contributed by atoms with Crippen LogP contribution < -0.4 is 11.0 Å². The largest absolute Gasteiger partial charge is 0.341 e. The molecule has 2 heterocycles. The van der Waals surface area contributed by atoms with Gasteiger partial charge in [-0.25, -0.2) is 4.79 Å². The molecule has 2 aromatic rings. The number of nitrogens with zero attached hydrogens (tertiary/aromatic N) is 3. The van der Waals surface area contributed by atoms with E-state index < -0.39 is 0 Å². The summed E-state index contributed by atoms with van der Waals surface area (Å²) >= 11 is 0. The Morgan fingerprint density at radius 3 is 2.71 bits per heavy atom. The van der Waals surface area contributed by atoms with E-state index in [1.54, 1.807) is 16.2 Å². The summed E-state index contributed by atoms with van der Waals surface area (Å²) in [6, 6.07) is 8.08. The highest BCUT2D eigenvalue weighted by molar-refractivity contribution is 5.85. The fourth-order valence-corrected chi connectivity index (χ4v) is 3.38. The number of hydrogen-bond donors (Lipinski definition) is 1. The van der Waals surface area contributed by atoms with Crippen molar-refractivity contribution in [2.24, 2.45) is 7.05 Å². The van der Waals surface area contributed by atoms with Crippen LogP contribution in [0.25, 0.3) is 11.0 Å². The molecule has 1 saturated heterocycles. The standard InChI is InChI=1S/C17H24N4O2.ClH/c1-18-13-6-5-10-20(12-13)16(22)9-11-21-15-8-4-3-7-14(15)19(2)17(21)23;/h3-4,7-8,13,18H,5-6,9-12H2,1-2H3;1H. The highest BCUT2D eigenvalue weighted by Gasteiger charge is 2.22. The molecular formula is C17H25ClN4O2. The van der Waals surface area contributed by atoms with E-state index in [1.807, 2.05) is 36.2 Å². The van der Waals surface area contributed by atoms with Crippen molar-refractivity contribution in [3.63, 3.8) is 0 Å². The van der Waals surface area contributed by atoms with Gasteiger partial charge in [-0.05, 0) is 32.0 Å². The van der Waals surface area contributed by atoms with E-state index in [-0.39, 0.29) is 24.0 Å². The lowest BCUT2D eigenvalue weighted by molar-refractivity contribution is -0.132. The molecule has 1 unspecified atom stereocenters. The van der Waals surface area contributed by atoms with Gasteiger partial charge < -0.3 is 10.2 Å². The van der Waals surface area contributed by atoms with Crippen LogP contribution in [-0.4, -0.2) is 46.1 Å². The number of aryl methyl sites for hydroxylation is 2. The number of imidazole rings is 1. The van der Waals surface area contributed by atoms with E-state index >= 15 is 0 Å². The average Bonchev–Trinajstić information content (AvgIpc) is 2.84. The zero-order chi connectivity index (χ0) is 16.4. The lowest BCUT2D eigenvalue weighted by Gasteiger charge is -2.32. The molecule has 1 aliphatic rings. The number of likely N-dealkylation sites (N-methyl/N-ethyl adjacent to an activating group) is 1. The number of amides is 1. The molecule has 1 aliphatic heterocycles. The van der Waals surface area contributed by atoms with Crippen LogP contribution in [0.2, 0.25) is 0 Å². The van der Waals surface area contributed by atoms with Crippen LogP contribution in [0.4, 0.5) is 0 Å². The lowest BCUT2D eigenvalue weighted by Crippen LogP contribution is -2.47. The van der Waals surface area contributed by atoms with Crippen molar-refractivity contribution in [3.8, 4) is 0 Å². The van der Waals surface area contributed by atoms with Crippen LogP contribution in [-0.2, 0) is 18.4 Å². The van der Waals surface area contributed by atoms with Crippen molar-refractivity contribution >= 4 is 29.3 Å². The van der Waals surface area contributed by atoms with Gasteiger partial charge >= 0.3 is 5.69 Å². The summed E-state index contributed by atoms with van der Waals surface area (Å²) in [4.78, 5) is 26.7. The van der Waals surface area contributed by atoms with E-state index in [0.29, 0.717) is 19.0 Å². The summed E-state index contributed by atoms with van der Waals surface area (Å²) in [5, 5.41) is 3.25. The highest BCUT2D eigenvalue weighted by atomic mass is 35.5. The maximum Gasteiger partial charge on any atom is 0.328 e. The Morgan fingerprint density at radius 2 is 2.00 bits per heavy atom. The predicted octanol–water partition coefficient (Wildman–Crippen LogP) is 1.36. The molecule has 132 valence electrons. The Bertz CT molecular complexity index is 768. The molecule has 1 amide bonds. The molecule has 1 atom stereocenters. The zero-order valence-electron chi connectivity index (χ0n) is 14.2. The third-order valence-corrected chi connectivity index (χ3v) is 4.78. The summed E-state index contributed by atoms with van der Waals surface area (Å²) < 4.78 is 3.34. The third kappa shape index (κ3) is 3.49. The van der Waals surface area contributed by atoms with Gasteiger partial charge in [0.1, 0.15) is 0 Å². The number of carbonyl (C=O) groups is 1. The van der Waals surface area contributed by atoms with Crippen LogP contribution in [0.3, 0.4) is 0 Å². The quantitative estimate of drug-likeness (QED) is 0.904.